The number of nitro groups is 1. The van der Waals surface area contributed by atoms with Crippen molar-refractivity contribution < 1.29 is 31.1 Å². The van der Waals surface area contributed by atoms with Gasteiger partial charge in [-0.1, -0.05) is 23.8 Å². The first kappa shape index (κ1) is 19.4. The molecule has 1 aliphatic rings. The molecule has 0 amide bonds. The SMILES string of the molecule is O=[N+]([O-])C1=CC=CCC1(Cc1cc(Cl)ccc1S(=O)(=O)[O-])C(F)(F)F. The first-order valence-electron chi connectivity index (χ1n) is 6.71. The summed E-state index contributed by atoms with van der Waals surface area (Å²) in [7, 11) is -5.09. The van der Waals surface area contributed by atoms with Crippen LogP contribution in [0.5, 0.6) is 0 Å². The molecule has 0 radical (unpaired) electrons. The molecule has 0 fully saturated rings. The molecule has 1 aromatic rings. The van der Waals surface area contributed by atoms with Crippen LogP contribution in [-0.2, 0) is 16.5 Å². The van der Waals surface area contributed by atoms with Gasteiger partial charge < -0.3 is 4.55 Å². The first-order chi connectivity index (χ1) is 11.4. The predicted molar refractivity (Wildman–Crippen MR) is 80.4 cm³/mol. The zero-order valence-electron chi connectivity index (χ0n) is 12.3. The van der Waals surface area contributed by atoms with Crippen LogP contribution in [0.4, 0.5) is 13.2 Å². The minimum atomic E-state index is -5.09. The number of halogens is 4. The van der Waals surface area contributed by atoms with E-state index in [1.54, 1.807) is 0 Å². The molecule has 11 heteroatoms. The van der Waals surface area contributed by atoms with Crippen LogP contribution in [-0.4, -0.2) is 24.1 Å². The van der Waals surface area contributed by atoms with Gasteiger partial charge in [0.15, 0.2) is 5.41 Å². The molecule has 0 N–H and O–H groups in total. The molecule has 136 valence electrons. The van der Waals surface area contributed by atoms with E-state index in [0.29, 0.717) is 6.08 Å². The molecule has 1 atom stereocenters. The van der Waals surface area contributed by atoms with Gasteiger partial charge in [-0.25, -0.2) is 8.42 Å². The van der Waals surface area contributed by atoms with E-state index in [-0.39, 0.29) is 5.02 Å². The number of nitrogens with zero attached hydrogens (tertiary/aromatic N) is 1. The lowest BCUT2D eigenvalue weighted by Crippen LogP contribution is -2.44. The van der Waals surface area contributed by atoms with Gasteiger partial charge in [-0.3, -0.25) is 10.1 Å². The molecule has 0 bridgehead atoms. The molecule has 0 heterocycles. The van der Waals surface area contributed by atoms with Crippen LogP contribution in [0.15, 0.2) is 47.0 Å². The predicted octanol–water partition coefficient (Wildman–Crippen LogP) is 3.46. The summed E-state index contributed by atoms with van der Waals surface area (Å²) in [5, 5.41) is 11.1. The van der Waals surface area contributed by atoms with Crippen LogP contribution in [0.1, 0.15) is 12.0 Å². The summed E-state index contributed by atoms with van der Waals surface area (Å²) in [5.41, 5.74) is -4.63. The van der Waals surface area contributed by atoms with E-state index < -0.39 is 55.6 Å². The van der Waals surface area contributed by atoms with Crippen LogP contribution in [0, 0.1) is 15.5 Å². The second kappa shape index (κ2) is 6.43. The third kappa shape index (κ3) is 3.70. The molecule has 0 spiro atoms. The van der Waals surface area contributed by atoms with Gasteiger partial charge in [0.1, 0.15) is 10.1 Å². The molecular formula is C14H10ClF3NO5S-. The Morgan fingerprint density at radius 3 is 2.48 bits per heavy atom. The van der Waals surface area contributed by atoms with E-state index in [9.17, 15) is 36.3 Å². The summed E-state index contributed by atoms with van der Waals surface area (Å²) in [6.07, 6.45) is -4.02. The van der Waals surface area contributed by atoms with Gasteiger partial charge in [-0.15, -0.1) is 0 Å². The van der Waals surface area contributed by atoms with Crippen molar-refractivity contribution in [1.29, 1.82) is 0 Å². The zero-order chi connectivity index (χ0) is 19.0. The fraction of sp³-hybridized carbons (Fsp3) is 0.286. The number of hydrogen-bond donors (Lipinski definition) is 0. The highest BCUT2D eigenvalue weighted by Gasteiger charge is 2.62. The molecule has 0 saturated carbocycles. The number of allylic oxidation sites excluding steroid dienone is 4. The summed E-state index contributed by atoms with van der Waals surface area (Å²) in [6.45, 7) is 0. The van der Waals surface area contributed by atoms with Crippen LogP contribution in [0.3, 0.4) is 0 Å². The van der Waals surface area contributed by atoms with Crippen molar-refractivity contribution in [3.8, 4) is 0 Å². The highest BCUT2D eigenvalue weighted by molar-refractivity contribution is 7.85. The minimum absolute atomic E-state index is 0.0993. The molecular weight excluding hydrogens is 387 g/mol. The van der Waals surface area contributed by atoms with Crippen molar-refractivity contribution in [3.63, 3.8) is 0 Å². The van der Waals surface area contributed by atoms with Crippen molar-refractivity contribution in [1.82, 2.24) is 0 Å². The average molecular weight is 397 g/mol. The van der Waals surface area contributed by atoms with Gasteiger partial charge in [0.05, 0.1) is 9.82 Å². The van der Waals surface area contributed by atoms with Crippen molar-refractivity contribution in [2.24, 2.45) is 5.41 Å². The highest BCUT2D eigenvalue weighted by atomic mass is 35.5. The topological polar surface area (TPSA) is 100 Å². The standard InChI is InChI=1S/C14H11ClF3NO5S/c15-10-4-5-11(25(22,23)24)9(7-10)8-13(14(16,17)18)6-2-1-3-12(13)19(20)21/h1-5,7H,6,8H2,(H,22,23,24)/p-1. The van der Waals surface area contributed by atoms with Crippen LogP contribution in [0.2, 0.25) is 5.02 Å². The maximum absolute atomic E-state index is 13.8. The Kier molecular flexibility index (Phi) is 4.99. The Balaban J connectivity index is 2.70. The van der Waals surface area contributed by atoms with Crippen LogP contribution in [0.25, 0.3) is 0 Å². The van der Waals surface area contributed by atoms with Gasteiger partial charge in [0.25, 0.3) is 5.70 Å². The summed E-state index contributed by atoms with van der Waals surface area (Å²) >= 11 is 5.70. The Morgan fingerprint density at radius 2 is 1.96 bits per heavy atom. The fourth-order valence-electron chi connectivity index (χ4n) is 2.71. The van der Waals surface area contributed by atoms with Gasteiger partial charge >= 0.3 is 6.18 Å². The van der Waals surface area contributed by atoms with E-state index in [4.69, 9.17) is 11.6 Å². The number of rotatable bonds is 4. The second-order valence-corrected chi connectivity index (χ2v) is 7.19. The average Bonchev–Trinajstić information content (AvgIpc) is 2.45. The molecule has 0 saturated heterocycles. The van der Waals surface area contributed by atoms with Crippen LogP contribution < -0.4 is 0 Å². The lowest BCUT2D eigenvalue weighted by molar-refractivity contribution is -0.455. The van der Waals surface area contributed by atoms with Gasteiger partial charge in [0.2, 0.25) is 0 Å². The molecule has 1 aliphatic carbocycles. The second-order valence-electron chi connectivity index (χ2n) is 5.40. The van der Waals surface area contributed by atoms with Crippen molar-refractivity contribution in [2.75, 3.05) is 0 Å². The molecule has 25 heavy (non-hydrogen) atoms. The van der Waals surface area contributed by atoms with E-state index in [1.165, 1.54) is 0 Å². The lowest BCUT2D eigenvalue weighted by Gasteiger charge is -2.34. The maximum Gasteiger partial charge on any atom is 0.405 e. The zero-order valence-corrected chi connectivity index (χ0v) is 13.9. The molecule has 2 rings (SSSR count). The molecule has 1 aromatic carbocycles. The third-order valence-corrected chi connectivity index (χ3v) is 5.04. The van der Waals surface area contributed by atoms with Crippen molar-refractivity contribution in [3.05, 3.63) is 62.8 Å². The lowest BCUT2D eigenvalue weighted by atomic mass is 9.73. The van der Waals surface area contributed by atoms with E-state index in [0.717, 1.165) is 30.4 Å². The van der Waals surface area contributed by atoms with E-state index in [2.05, 4.69) is 0 Å². The molecule has 0 aromatic heterocycles. The monoisotopic (exact) mass is 396 g/mol. The van der Waals surface area contributed by atoms with Gasteiger partial charge in [0, 0.05) is 11.1 Å². The van der Waals surface area contributed by atoms with Crippen molar-refractivity contribution in [2.45, 2.75) is 23.9 Å². The Labute approximate surface area is 145 Å². The summed E-state index contributed by atoms with van der Waals surface area (Å²) < 4.78 is 75.3. The van der Waals surface area contributed by atoms with E-state index >= 15 is 0 Å². The third-order valence-electron chi connectivity index (χ3n) is 3.87. The smallest absolute Gasteiger partial charge is 0.405 e. The molecule has 1 unspecified atom stereocenters. The first-order valence-corrected chi connectivity index (χ1v) is 8.50. The quantitative estimate of drug-likeness (QED) is 0.440. The van der Waals surface area contributed by atoms with E-state index in [1.807, 2.05) is 0 Å². The Bertz CT molecular complexity index is 879. The normalized spacial score (nSPS) is 21.1. The minimum Gasteiger partial charge on any atom is -0.744 e. The summed E-state index contributed by atoms with van der Waals surface area (Å²) in [6, 6.07) is 2.73. The van der Waals surface area contributed by atoms with Crippen LogP contribution >= 0.6 is 11.6 Å². The molecule has 0 aliphatic heterocycles. The number of hydrogen-bond acceptors (Lipinski definition) is 5. The Morgan fingerprint density at radius 1 is 1.32 bits per heavy atom. The Hall–Kier alpha value is -1.91. The number of benzene rings is 1. The summed E-state index contributed by atoms with van der Waals surface area (Å²) in [4.78, 5) is 9.10. The fourth-order valence-corrected chi connectivity index (χ4v) is 3.59. The number of alkyl halides is 3. The van der Waals surface area contributed by atoms with Gasteiger partial charge in [-0.05, 0) is 36.6 Å². The van der Waals surface area contributed by atoms with Crippen molar-refractivity contribution >= 4 is 21.7 Å². The largest absolute Gasteiger partial charge is 0.744 e. The summed E-state index contributed by atoms with van der Waals surface area (Å²) in [5.74, 6) is 0. The molecule has 6 nitrogen and oxygen atoms in total. The van der Waals surface area contributed by atoms with Gasteiger partial charge in [-0.2, -0.15) is 13.2 Å². The highest BCUT2D eigenvalue weighted by Crippen LogP contribution is 2.51. The maximum atomic E-state index is 13.8.